The largest absolute Gasteiger partial charge is 0.479 e. The van der Waals surface area contributed by atoms with Gasteiger partial charge in [0.15, 0.2) is 5.65 Å². The smallest absolute Gasteiger partial charge is 0.341 e. The third kappa shape index (κ3) is 3.39. The second-order valence-electron chi connectivity index (χ2n) is 9.43. The molecule has 172 valence electrons. The quantitative estimate of drug-likeness (QED) is 0.402. The fraction of sp³-hybridized carbons (Fsp3) is 0.400. The summed E-state index contributed by atoms with van der Waals surface area (Å²) in [6.07, 6.45) is 2.51. The zero-order chi connectivity index (χ0) is 23.5. The molecular weight excluding hydrogens is 426 g/mol. The summed E-state index contributed by atoms with van der Waals surface area (Å²) in [5, 5.41) is 17.2. The van der Waals surface area contributed by atoms with E-state index in [0.717, 1.165) is 33.4 Å². The minimum atomic E-state index is -2.18. The molecule has 3 aromatic heterocycles. The molecule has 5 rings (SSSR count). The fourth-order valence-electron chi connectivity index (χ4n) is 5.20. The Kier molecular flexibility index (Phi) is 4.99. The Morgan fingerprint density at radius 2 is 2.00 bits per heavy atom. The van der Waals surface area contributed by atoms with Gasteiger partial charge in [0.25, 0.3) is 0 Å². The first-order valence-corrected chi connectivity index (χ1v) is 11.3. The first-order chi connectivity index (χ1) is 15.7. The van der Waals surface area contributed by atoms with E-state index in [1.54, 1.807) is 19.2 Å². The van der Waals surface area contributed by atoms with Crippen LogP contribution < -0.4 is 0 Å². The maximum Gasteiger partial charge on any atom is 0.341 e. The maximum atomic E-state index is 14.8. The van der Waals surface area contributed by atoms with E-state index in [2.05, 4.69) is 28.6 Å². The summed E-state index contributed by atoms with van der Waals surface area (Å²) in [6, 6.07) is 7.07. The Morgan fingerprint density at radius 3 is 2.64 bits per heavy atom. The van der Waals surface area contributed by atoms with Crippen LogP contribution in [0.5, 0.6) is 0 Å². The van der Waals surface area contributed by atoms with E-state index in [1.165, 1.54) is 6.07 Å². The van der Waals surface area contributed by atoms with E-state index in [4.69, 9.17) is 4.98 Å². The van der Waals surface area contributed by atoms with Gasteiger partial charge >= 0.3 is 5.97 Å². The highest BCUT2D eigenvalue weighted by Gasteiger charge is 2.44. The summed E-state index contributed by atoms with van der Waals surface area (Å²) >= 11 is 0. The second-order valence-corrected chi connectivity index (χ2v) is 9.43. The van der Waals surface area contributed by atoms with Crippen molar-refractivity contribution < 1.29 is 18.7 Å². The first kappa shape index (κ1) is 21.6. The van der Waals surface area contributed by atoms with Crippen molar-refractivity contribution in [1.29, 1.82) is 0 Å². The number of carboxylic acids is 1. The van der Waals surface area contributed by atoms with Crippen LogP contribution in [0.15, 0.2) is 30.5 Å². The normalized spacial score (nSPS) is 21.3. The van der Waals surface area contributed by atoms with Crippen molar-refractivity contribution in [3.8, 4) is 5.69 Å². The van der Waals surface area contributed by atoms with Crippen LogP contribution >= 0.6 is 0 Å². The van der Waals surface area contributed by atoms with Gasteiger partial charge in [-0.3, -0.25) is 5.10 Å². The molecule has 0 atom stereocenters. The van der Waals surface area contributed by atoms with Gasteiger partial charge in [0.1, 0.15) is 5.82 Å². The van der Waals surface area contributed by atoms with Crippen LogP contribution in [0, 0.1) is 12.7 Å². The van der Waals surface area contributed by atoms with E-state index in [-0.39, 0.29) is 30.5 Å². The Balaban J connectivity index is 1.77. The second kappa shape index (κ2) is 7.64. The number of alkyl halides is 1. The van der Waals surface area contributed by atoms with Crippen molar-refractivity contribution >= 4 is 28.0 Å². The lowest BCUT2D eigenvalue weighted by molar-refractivity contribution is -0.153. The molecular formula is C25H26F2N4O2. The van der Waals surface area contributed by atoms with Crippen molar-refractivity contribution in [2.45, 2.75) is 64.0 Å². The summed E-state index contributed by atoms with van der Waals surface area (Å²) < 4.78 is 31.0. The highest BCUT2D eigenvalue weighted by atomic mass is 19.1. The number of aliphatic carboxylic acids is 1. The number of pyridine rings is 1. The van der Waals surface area contributed by atoms with Gasteiger partial charge in [-0.05, 0) is 74.3 Å². The molecule has 0 bridgehead atoms. The van der Waals surface area contributed by atoms with Gasteiger partial charge in [-0.1, -0.05) is 13.8 Å². The molecule has 0 unspecified atom stereocenters. The van der Waals surface area contributed by atoms with E-state index >= 15 is 0 Å². The zero-order valence-corrected chi connectivity index (χ0v) is 18.8. The Bertz CT molecular complexity index is 1380. The van der Waals surface area contributed by atoms with Crippen molar-refractivity contribution in [3.63, 3.8) is 0 Å². The van der Waals surface area contributed by atoms with Crippen molar-refractivity contribution in [2.75, 3.05) is 0 Å². The molecule has 0 aliphatic heterocycles. The summed E-state index contributed by atoms with van der Waals surface area (Å²) in [7, 11) is 0. The number of aryl methyl sites for hydroxylation is 1. The maximum absolute atomic E-state index is 14.8. The lowest BCUT2D eigenvalue weighted by atomic mass is 9.76. The van der Waals surface area contributed by atoms with Gasteiger partial charge in [0, 0.05) is 22.3 Å². The third-order valence-corrected chi connectivity index (χ3v) is 6.94. The molecule has 0 amide bonds. The number of carboxylic acid groups (broad SMARTS) is 1. The highest BCUT2D eigenvalue weighted by Crippen LogP contribution is 2.46. The van der Waals surface area contributed by atoms with Crippen LogP contribution in [-0.2, 0) is 4.79 Å². The van der Waals surface area contributed by atoms with Crippen LogP contribution in [0.4, 0.5) is 8.78 Å². The fourth-order valence-corrected chi connectivity index (χ4v) is 5.20. The summed E-state index contributed by atoms with van der Waals surface area (Å²) in [5.74, 6) is -1.57. The van der Waals surface area contributed by atoms with E-state index < -0.39 is 11.6 Å². The zero-order valence-electron chi connectivity index (χ0n) is 18.8. The summed E-state index contributed by atoms with van der Waals surface area (Å²) in [4.78, 5) is 16.3. The van der Waals surface area contributed by atoms with Crippen LogP contribution in [0.3, 0.4) is 0 Å². The Hall–Kier alpha value is -3.29. The molecule has 2 N–H and O–H groups in total. The Morgan fingerprint density at radius 1 is 1.27 bits per heavy atom. The predicted octanol–water partition coefficient (Wildman–Crippen LogP) is 5.92. The van der Waals surface area contributed by atoms with Gasteiger partial charge in [0.2, 0.25) is 5.67 Å². The molecule has 0 radical (unpaired) electrons. The number of aromatic nitrogens is 4. The molecule has 1 aromatic carbocycles. The molecule has 1 saturated carbocycles. The Labute approximate surface area is 189 Å². The number of hydrogen-bond acceptors (Lipinski definition) is 3. The molecule has 1 aliphatic carbocycles. The van der Waals surface area contributed by atoms with Crippen molar-refractivity contribution in [2.24, 2.45) is 0 Å². The van der Waals surface area contributed by atoms with E-state index in [9.17, 15) is 18.7 Å². The lowest BCUT2D eigenvalue weighted by Crippen LogP contribution is -2.37. The molecule has 1 fully saturated rings. The lowest BCUT2D eigenvalue weighted by Gasteiger charge is -2.31. The minimum Gasteiger partial charge on any atom is -0.479 e. The number of carbonyl (C=O) groups is 1. The topological polar surface area (TPSA) is 83.8 Å². The molecule has 33 heavy (non-hydrogen) atoms. The number of hydrogen-bond donors (Lipinski definition) is 2. The van der Waals surface area contributed by atoms with Crippen molar-refractivity contribution in [3.05, 3.63) is 53.1 Å². The van der Waals surface area contributed by atoms with Crippen molar-refractivity contribution in [1.82, 2.24) is 19.7 Å². The standard InChI is InChI=1S/C25H26F2N4O2/c1-13(2)22-20(15-6-8-25(27,9-7-15)24(32)33)21-19(11-16-12-28-30-23(16)29-21)31(22)17-4-5-18(26)14(3)10-17/h4-5,10-13,15H,6-9H2,1-3H3,(H,32,33)(H,28,29,30). The molecule has 6 nitrogen and oxygen atoms in total. The van der Waals surface area contributed by atoms with Gasteiger partial charge in [-0.25, -0.2) is 18.6 Å². The predicted molar refractivity (Wildman–Crippen MR) is 122 cm³/mol. The van der Waals surface area contributed by atoms with Crippen LogP contribution in [0.1, 0.15) is 68.2 Å². The SMILES string of the molecule is Cc1cc(-n2c(C(C)C)c(C3CCC(F)(C(=O)O)CC3)c3nc4[nH]ncc4cc32)ccc1F. The molecule has 4 aromatic rings. The number of rotatable bonds is 4. The average Bonchev–Trinajstić information content (AvgIpc) is 3.36. The highest BCUT2D eigenvalue weighted by molar-refractivity contribution is 5.93. The number of nitrogens with zero attached hydrogens (tertiary/aromatic N) is 3. The number of aromatic amines is 1. The van der Waals surface area contributed by atoms with E-state index in [0.29, 0.717) is 24.1 Å². The number of nitrogens with one attached hydrogen (secondary N) is 1. The number of halogens is 2. The van der Waals surface area contributed by atoms with Gasteiger partial charge in [-0.15, -0.1) is 0 Å². The number of H-pyrrole nitrogens is 1. The monoisotopic (exact) mass is 452 g/mol. The summed E-state index contributed by atoms with van der Waals surface area (Å²) in [6.45, 7) is 5.93. The average molecular weight is 453 g/mol. The molecule has 8 heteroatoms. The number of benzene rings is 1. The first-order valence-electron chi connectivity index (χ1n) is 11.3. The number of fused-ring (bicyclic) bond motifs is 2. The van der Waals surface area contributed by atoms with Gasteiger partial charge in [-0.2, -0.15) is 5.10 Å². The minimum absolute atomic E-state index is 0.0243. The molecule has 0 saturated heterocycles. The van der Waals surface area contributed by atoms with E-state index in [1.807, 2.05) is 12.1 Å². The molecule has 3 heterocycles. The van der Waals surface area contributed by atoms with Crippen LogP contribution in [-0.4, -0.2) is 36.5 Å². The molecule has 1 aliphatic rings. The van der Waals surface area contributed by atoms with Crippen LogP contribution in [0.25, 0.3) is 27.8 Å². The summed E-state index contributed by atoms with van der Waals surface area (Å²) in [5.41, 5.74) is 3.59. The van der Waals surface area contributed by atoms with Crippen LogP contribution in [0.2, 0.25) is 0 Å². The third-order valence-electron chi connectivity index (χ3n) is 6.94. The van der Waals surface area contributed by atoms with Gasteiger partial charge in [0.05, 0.1) is 17.2 Å². The van der Waals surface area contributed by atoms with Gasteiger partial charge < -0.3 is 9.67 Å². The molecule has 0 spiro atoms.